The Balaban J connectivity index is 2.09. The van der Waals surface area contributed by atoms with Crippen LogP contribution in [0.3, 0.4) is 0 Å². The van der Waals surface area contributed by atoms with E-state index in [4.69, 9.17) is 18.0 Å². The van der Waals surface area contributed by atoms with Gasteiger partial charge in [-0.3, -0.25) is 4.90 Å². The van der Waals surface area contributed by atoms with Crippen LogP contribution in [-0.2, 0) is 0 Å². The molecule has 0 aromatic heterocycles. The molecule has 1 aromatic carbocycles. The molecule has 0 unspecified atom stereocenters. The molecule has 1 aliphatic rings. The molecule has 0 saturated carbocycles. The second kappa shape index (κ2) is 6.50. The van der Waals surface area contributed by atoms with Gasteiger partial charge in [0.2, 0.25) is 0 Å². The molecule has 8 heteroatoms. The molecule has 0 spiro atoms. The first kappa shape index (κ1) is 16.5. The van der Waals surface area contributed by atoms with Gasteiger partial charge in [-0.2, -0.15) is 13.2 Å². The molecule has 116 valence electrons. The Morgan fingerprint density at radius 1 is 1.24 bits per heavy atom. The van der Waals surface area contributed by atoms with Gasteiger partial charge in [0, 0.05) is 41.9 Å². The predicted octanol–water partition coefficient (Wildman–Crippen LogP) is 2.77. The quantitative estimate of drug-likeness (QED) is 0.816. The second-order valence-corrected chi connectivity index (χ2v) is 6.26. The van der Waals surface area contributed by atoms with E-state index in [-0.39, 0.29) is 4.99 Å². The van der Waals surface area contributed by atoms with Crippen LogP contribution < -0.4 is 10.6 Å². The summed E-state index contributed by atoms with van der Waals surface area (Å²) in [7, 11) is 0. The molecule has 1 aromatic rings. The average Bonchev–Trinajstić information content (AvgIpc) is 2.37. The van der Waals surface area contributed by atoms with Crippen molar-refractivity contribution in [1.82, 2.24) is 4.90 Å². The van der Waals surface area contributed by atoms with E-state index < -0.39 is 12.7 Å². The normalized spacial score (nSPS) is 17.0. The van der Waals surface area contributed by atoms with Crippen molar-refractivity contribution >= 4 is 38.8 Å². The van der Waals surface area contributed by atoms with Gasteiger partial charge in [0.15, 0.2) is 0 Å². The van der Waals surface area contributed by atoms with Crippen molar-refractivity contribution in [2.24, 2.45) is 5.73 Å². The zero-order valence-electron chi connectivity index (χ0n) is 11.2. The van der Waals surface area contributed by atoms with Gasteiger partial charge < -0.3 is 10.6 Å². The molecule has 0 bridgehead atoms. The van der Waals surface area contributed by atoms with Crippen molar-refractivity contribution in [1.29, 1.82) is 0 Å². The summed E-state index contributed by atoms with van der Waals surface area (Å²) < 4.78 is 38.0. The zero-order valence-corrected chi connectivity index (χ0v) is 13.6. The maximum Gasteiger partial charge on any atom is 0.401 e. The first-order valence-corrected chi connectivity index (χ1v) is 7.60. The van der Waals surface area contributed by atoms with Crippen LogP contribution in [0.15, 0.2) is 22.7 Å². The van der Waals surface area contributed by atoms with Crippen LogP contribution in [0.25, 0.3) is 0 Å². The average molecular weight is 382 g/mol. The largest absolute Gasteiger partial charge is 0.401 e. The molecular weight excluding hydrogens is 367 g/mol. The van der Waals surface area contributed by atoms with Gasteiger partial charge in [-0.1, -0.05) is 28.1 Å². The molecule has 0 aliphatic carbocycles. The highest BCUT2D eigenvalue weighted by Gasteiger charge is 2.32. The highest BCUT2D eigenvalue weighted by atomic mass is 79.9. The summed E-state index contributed by atoms with van der Waals surface area (Å²) in [6.07, 6.45) is -4.15. The summed E-state index contributed by atoms with van der Waals surface area (Å²) in [5, 5.41) is 0. The van der Waals surface area contributed by atoms with E-state index in [2.05, 4.69) is 15.9 Å². The summed E-state index contributed by atoms with van der Waals surface area (Å²) in [6.45, 7) is 0.900. The fourth-order valence-corrected chi connectivity index (χ4v) is 2.90. The third-order valence-electron chi connectivity index (χ3n) is 3.34. The maximum atomic E-state index is 12.4. The van der Waals surface area contributed by atoms with Crippen molar-refractivity contribution in [3.05, 3.63) is 28.2 Å². The number of hydrogen-bond acceptors (Lipinski definition) is 3. The van der Waals surface area contributed by atoms with Gasteiger partial charge in [-0.15, -0.1) is 0 Å². The lowest BCUT2D eigenvalue weighted by Crippen LogP contribution is -2.49. The van der Waals surface area contributed by atoms with Crippen LogP contribution in [0, 0.1) is 0 Å². The molecule has 1 saturated heterocycles. The molecule has 21 heavy (non-hydrogen) atoms. The second-order valence-electron chi connectivity index (χ2n) is 4.90. The molecule has 1 fully saturated rings. The number of thiocarbonyl (C=S) groups is 1. The smallest absolute Gasteiger partial charge is 0.389 e. The van der Waals surface area contributed by atoms with Crippen molar-refractivity contribution in [2.75, 3.05) is 37.6 Å². The van der Waals surface area contributed by atoms with E-state index in [1.165, 1.54) is 4.90 Å². The minimum Gasteiger partial charge on any atom is -0.389 e. The van der Waals surface area contributed by atoms with Crippen LogP contribution >= 0.6 is 28.1 Å². The first-order valence-electron chi connectivity index (χ1n) is 6.40. The van der Waals surface area contributed by atoms with Crippen LogP contribution in [-0.4, -0.2) is 48.8 Å². The van der Waals surface area contributed by atoms with Crippen molar-refractivity contribution in [3.8, 4) is 0 Å². The van der Waals surface area contributed by atoms with Gasteiger partial charge in [-0.05, 0) is 18.2 Å². The fraction of sp³-hybridized carbons (Fsp3) is 0.462. The monoisotopic (exact) mass is 381 g/mol. The number of nitrogens with two attached hydrogens (primary N) is 1. The number of benzene rings is 1. The fourth-order valence-electron chi connectivity index (χ4n) is 2.38. The maximum absolute atomic E-state index is 12.4. The zero-order chi connectivity index (χ0) is 15.6. The summed E-state index contributed by atoms with van der Waals surface area (Å²) >= 11 is 8.43. The van der Waals surface area contributed by atoms with Gasteiger partial charge in [0.1, 0.15) is 4.99 Å². The molecular formula is C13H15BrF3N3S. The third kappa shape index (κ3) is 4.55. The Morgan fingerprint density at radius 2 is 1.86 bits per heavy atom. The van der Waals surface area contributed by atoms with E-state index in [0.29, 0.717) is 26.2 Å². The van der Waals surface area contributed by atoms with E-state index in [0.717, 1.165) is 15.7 Å². The number of halogens is 4. The Kier molecular flexibility index (Phi) is 5.11. The molecule has 0 atom stereocenters. The molecule has 0 amide bonds. The molecule has 1 aliphatic heterocycles. The summed E-state index contributed by atoms with van der Waals surface area (Å²) in [5.74, 6) is 0. The van der Waals surface area contributed by atoms with Gasteiger partial charge in [0.05, 0.1) is 6.54 Å². The molecule has 1 heterocycles. The lowest BCUT2D eigenvalue weighted by Gasteiger charge is -2.37. The highest BCUT2D eigenvalue weighted by molar-refractivity contribution is 9.10. The van der Waals surface area contributed by atoms with Crippen molar-refractivity contribution < 1.29 is 13.2 Å². The topological polar surface area (TPSA) is 32.5 Å². The predicted molar refractivity (Wildman–Crippen MR) is 84.7 cm³/mol. The molecule has 0 radical (unpaired) electrons. The summed E-state index contributed by atoms with van der Waals surface area (Å²) in [6, 6.07) is 5.57. The number of anilines is 1. The van der Waals surface area contributed by atoms with Gasteiger partial charge in [-0.25, -0.2) is 0 Å². The number of alkyl halides is 3. The van der Waals surface area contributed by atoms with E-state index in [1.54, 1.807) is 0 Å². The standard InChI is InChI=1S/C13H15BrF3N3S/c14-9-1-2-10(12(18)21)11(7-9)20-5-3-19(4-6-20)8-13(15,16)17/h1-2,7H,3-6,8H2,(H2,18,21). The number of piperazine rings is 1. The van der Waals surface area contributed by atoms with Crippen LogP contribution in [0.4, 0.5) is 18.9 Å². The van der Waals surface area contributed by atoms with Crippen molar-refractivity contribution in [3.63, 3.8) is 0 Å². The highest BCUT2D eigenvalue weighted by Crippen LogP contribution is 2.27. The lowest BCUT2D eigenvalue weighted by molar-refractivity contribution is -0.146. The first-order chi connectivity index (χ1) is 9.76. The SMILES string of the molecule is NC(=S)c1ccc(Br)cc1N1CCN(CC(F)(F)F)CC1. The van der Waals surface area contributed by atoms with Crippen molar-refractivity contribution in [2.45, 2.75) is 6.18 Å². The Bertz CT molecular complexity index is 528. The van der Waals surface area contributed by atoms with Gasteiger partial charge >= 0.3 is 6.18 Å². The summed E-state index contributed by atoms with van der Waals surface area (Å²) in [4.78, 5) is 3.72. The molecule has 2 rings (SSSR count). The number of rotatable bonds is 3. The van der Waals surface area contributed by atoms with E-state index in [1.807, 2.05) is 23.1 Å². The minimum atomic E-state index is -4.15. The Hall–Kier alpha value is -0.860. The molecule has 2 N–H and O–H groups in total. The van der Waals surface area contributed by atoms with Crippen LogP contribution in [0.2, 0.25) is 0 Å². The number of hydrogen-bond donors (Lipinski definition) is 1. The van der Waals surface area contributed by atoms with E-state index in [9.17, 15) is 13.2 Å². The van der Waals surface area contributed by atoms with Crippen LogP contribution in [0.1, 0.15) is 5.56 Å². The van der Waals surface area contributed by atoms with Crippen LogP contribution in [0.5, 0.6) is 0 Å². The minimum absolute atomic E-state index is 0.287. The van der Waals surface area contributed by atoms with E-state index >= 15 is 0 Å². The Labute approximate surface area is 135 Å². The summed E-state index contributed by atoms with van der Waals surface area (Å²) in [5.41, 5.74) is 7.32. The Morgan fingerprint density at radius 3 is 2.38 bits per heavy atom. The lowest BCUT2D eigenvalue weighted by atomic mass is 10.1. The third-order valence-corrected chi connectivity index (χ3v) is 4.05. The number of nitrogens with zero attached hydrogens (tertiary/aromatic N) is 2. The van der Waals surface area contributed by atoms with Gasteiger partial charge in [0.25, 0.3) is 0 Å². The molecule has 3 nitrogen and oxygen atoms in total.